The summed E-state index contributed by atoms with van der Waals surface area (Å²) >= 11 is 0. The minimum absolute atomic E-state index is 0.502. The van der Waals surface area contributed by atoms with Gasteiger partial charge in [0.25, 0.3) is 0 Å². The zero-order chi connectivity index (χ0) is 12.0. The molecule has 0 radical (unpaired) electrons. The number of anilines is 1. The molecular weight excluding hydrogens is 214 g/mol. The van der Waals surface area contributed by atoms with Gasteiger partial charge < -0.3 is 15.0 Å². The molecule has 1 saturated carbocycles. The Morgan fingerprint density at radius 1 is 1.41 bits per heavy atom. The van der Waals surface area contributed by atoms with Gasteiger partial charge in [-0.05, 0) is 30.9 Å². The zero-order valence-electron chi connectivity index (χ0n) is 10.2. The Morgan fingerprint density at radius 2 is 2.18 bits per heavy atom. The number of nitrogen functional groups attached to an aromatic ring is 1. The van der Waals surface area contributed by atoms with Crippen LogP contribution in [-0.4, -0.2) is 16.7 Å². The topological polar surface area (TPSA) is 53.1 Å². The molecule has 1 aliphatic rings. The van der Waals surface area contributed by atoms with E-state index in [0.717, 1.165) is 22.7 Å². The van der Waals surface area contributed by atoms with E-state index < -0.39 is 0 Å². The van der Waals surface area contributed by atoms with Gasteiger partial charge in [0, 0.05) is 12.1 Å². The number of ether oxygens (including phenoxy) is 1. The maximum absolute atomic E-state index is 6.01. The van der Waals surface area contributed by atoms with Crippen molar-refractivity contribution in [3.63, 3.8) is 0 Å². The summed E-state index contributed by atoms with van der Waals surface area (Å²) in [6, 6.07) is 6.40. The van der Waals surface area contributed by atoms with E-state index in [-0.39, 0.29) is 0 Å². The second kappa shape index (κ2) is 3.65. The van der Waals surface area contributed by atoms with Crippen LogP contribution < -0.4 is 10.5 Å². The maximum atomic E-state index is 6.01. The highest BCUT2D eigenvalue weighted by Crippen LogP contribution is 2.40. The van der Waals surface area contributed by atoms with E-state index >= 15 is 0 Å². The molecule has 2 aromatic rings. The van der Waals surface area contributed by atoms with Crippen molar-refractivity contribution in [1.82, 2.24) is 9.55 Å². The summed E-state index contributed by atoms with van der Waals surface area (Å²) in [5.41, 5.74) is 8.04. The van der Waals surface area contributed by atoms with Crippen molar-refractivity contribution in [3.05, 3.63) is 18.2 Å². The fourth-order valence-corrected chi connectivity index (χ4v) is 2.67. The van der Waals surface area contributed by atoms with Gasteiger partial charge in [0.2, 0.25) is 5.95 Å². The lowest BCUT2D eigenvalue weighted by molar-refractivity contribution is 0.223. The van der Waals surface area contributed by atoms with Crippen LogP contribution in [0.25, 0.3) is 11.0 Å². The number of aromatic nitrogens is 2. The van der Waals surface area contributed by atoms with E-state index in [9.17, 15) is 0 Å². The third kappa shape index (κ3) is 1.55. The Balaban J connectivity index is 2.11. The Bertz CT molecular complexity index is 555. The number of imidazole rings is 1. The fraction of sp³-hybridized carbons (Fsp3) is 0.462. The highest BCUT2D eigenvalue weighted by atomic mass is 16.5. The summed E-state index contributed by atoms with van der Waals surface area (Å²) in [6.45, 7) is 2.27. The Kier molecular flexibility index (Phi) is 2.24. The molecule has 90 valence electrons. The van der Waals surface area contributed by atoms with E-state index in [2.05, 4.69) is 16.5 Å². The molecule has 3 rings (SSSR count). The smallest absolute Gasteiger partial charge is 0.201 e. The summed E-state index contributed by atoms with van der Waals surface area (Å²) in [5, 5.41) is 0. The van der Waals surface area contributed by atoms with Gasteiger partial charge in [-0.2, -0.15) is 0 Å². The lowest BCUT2D eigenvalue weighted by Crippen LogP contribution is -2.25. The average molecular weight is 231 g/mol. The lowest BCUT2D eigenvalue weighted by atomic mass is 9.81. The molecule has 1 aromatic carbocycles. The molecule has 1 heterocycles. The summed E-state index contributed by atoms with van der Waals surface area (Å²) in [7, 11) is 1.68. The third-order valence-corrected chi connectivity index (χ3v) is 3.64. The van der Waals surface area contributed by atoms with Crippen molar-refractivity contribution in [3.8, 4) is 5.75 Å². The SMILES string of the molecule is COc1ccc2nc(N)n(C3CC(C)C3)c2c1. The molecule has 0 spiro atoms. The lowest BCUT2D eigenvalue weighted by Gasteiger charge is -2.34. The molecule has 0 saturated heterocycles. The number of hydrogen-bond acceptors (Lipinski definition) is 3. The molecule has 0 bridgehead atoms. The summed E-state index contributed by atoms with van der Waals surface area (Å²) in [5.74, 6) is 2.26. The molecule has 4 heteroatoms. The highest BCUT2D eigenvalue weighted by Gasteiger charge is 2.29. The first kappa shape index (κ1) is 10.4. The van der Waals surface area contributed by atoms with Gasteiger partial charge >= 0.3 is 0 Å². The number of methoxy groups -OCH3 is 1. The molecule has 1 aliphatic carbocycles. The Hall–Kier alpha value is -1.71. The molecule has 4 nitrogen and oxygen atoms in total. The van der Waals surface area contributed by atoms with Gasteiger partial charge in [0.1, 0.15) is 5.75 Å². The van der Waals surface area contributed by atoms with E-state index in [4.69, 9.17) is 10.5 Å². The average Bonchev–Trinajstić information content (AvgIpc) is 2.60. The van der Waals surface area contributed by atoms with E-state index in [1.807, 2.05) is 18.2 Å². The second-order valence-corrected chi connectivity index (χ2v) is 4.93. The van der Waals surface area contributed by atoms with Crippen LogP contribution in [0.5, 0.6) is 5.75 Å². The number of fused-ring (bicyclic) bond motifs is 1. The van der Waals surface area contributed by atoms with Gasteiger partial charge in [0.05, 0.1) is 18.1 Å². The van der Waals surface area contributed by atoms with Crippen molar-refractivity contribution in [2.75, 3.05) is 12.8 Å². The molecule has 0 atom stereocenters. The molecule has 0 unspecified atom stereocenters. The first-order chi connectivity index (χ1) is 8.19. The van der Waals surface area contributed by atoms with E-state index in [1.54, 1.807) is 7.11 Å². The minimum Gasteiger partial charge on any atom is -0.497 e. The maximum Gasteiger partial charge on any atom is 0.201 e. The summed E-state index contributed by atoms with van der Waals surface area (Å²) in [6.07, 6.45) is 2.37. The van der Waals surface area contributed by atoms with Gasteiger partial charge in [-0.15, -0.1) is 0 Å². The summed E-state index contributed by atoms with van der Waals surface area (Å²) in [4.78, 5) is 4.40. The van der Waals surface area contributed by atoms with Crippen LogP contribution in [-0.2, 0) is 0 Å². The number of nitrogens with two attached hydrogens (primary N) is 1. The zero-order valence-corrected chi connectivity index (χ0v) is 10.2. The second-order valence-electron chi connectivity index (χ2n) is 4.93. The number of rotatable bonds is 2. The first-order valence-electron chi connectivity index (χ1n) is 6.00. The molecule has 2 N–H and O–H groups in total. The number of benzene rings is 1. The molecular formula is C13H17N3O. The van der Waals surface area contributed by atoms with Gasteiger partial charge in [0.15, 0.2) is 0 Å². The monoisotopic (exact) mass is 231 g/mol. The van der Waals surface area contributed by atoms with Crippen molar-refractivity contribution in [2.45, 2.75) is 25.8 Å². The fourth-order valence-electron chi connectivity index (χ4n) is 2.67. The first-order valence-corrected chi connectivity index (χ1v) is 6.00. The van der Waals surface area contributed by atoms with Crippen LogP contribution in [0.15, 0.2) is 18.2 Å². The van der Waals surface area contributed by atoms with Crippen LogP contribution >= 0.6 is 0 Å². The van der Waals surface area contributed by atoms with Crippen LogP contribution in [0.2, 0.25) is 0 Å². The molecule has 17 heavy (non-hydrogen) atoms. The largest absolute Gasteiger partial charge is 0.497 e. The van der Waals surface area contributed by atoms with Crippen molar-refractivity contribution < 1.29 is 4.74 Å². The summed E-state index contributed by atoms with van der Waals surface area (Å²) < 4.78 is 7.41. The van der Waals surface area contributed by atoms with Gasteiger partial charge in [-0.3, -0.25) is 0 Å². The van der Waals surface area contributed by atoms with E-state index in [1.165, 1.54) is 12.8 Å². The van der Waals surface area contributed by atoms with Gasteiger partial charge in [-0.25, -0.2) is 4.98 Å². The number of nitrogens with zero attached hydrogens (tertiary/aromatic N) is 2. The molecule has 1 aromatic heterocycles. The van der Waals surface area contributed by atoms with Gasteiger partial charge in [-0.1, -0.05) is 6.92 Å². The molecule has 0 amide bonds. The predicted molar refractivity (Wildman–Crippen MR) is 68.1 cm³/mol. The van der Waals surface area contributed by atoms with E-state index in [0.29, 0.717) is 12.0 Å². The standard InChI is InChI=1S/C13H17N3O/c1-8-5-9(6-8)16-12-7-10(17-2)3-4-11(12)15-13(16)14/h3-4,7-9H,5-6H2,1-2H3,(H2,14,15). The number of hydrogen-bond donors (Lipinski definition) is 1. The molecule has 1 fully saturated rings. The van der Waals surface area contributed by atoms with Crippen LogP contribution in [0, 0.1) is 5.92 Å². The normalized spacial score (nSPS) is 23.6. The van der Waals surface area contributed by atoms with Crippen LogP contribution in [0.4, 0.5) is 5.95 Å². The Labute approximate surface area is 100 Å². The van der Waals surface area contributed by atoms with Crippen LogP contribution in [0.1, 0.15) is 25.8 Å². The van der Waals surface area contributed by atoms with Crippen molar-refractivity contribution in [1.29, 1.82) is 0 Å². The minimum atomic E-state index is 0.502. The Morgan fingerprint density at radius 3 is 2.82 bits per heavy atom. The quantitative estimate of drug-likeness (QED) is 0.864. The predicted octanol–water partition coefficient (Wildman–Crippen LogP) is 2.60. The third-order valence-electron chi connectivity index (χ3n) is 3.64. The molecule has 0 aliphatic heterocycles. The van der Waals surface area contributed by atoms with Crippen molar-refractivity contribution in [2.24, 2.45) is 5.92 Å². The highest BCUT2D eigenvalue weighted by molar-refractivity contribution is 5.80. The van der Waals surface area contributed by atoms with Crippen LogP contribution in [0.3, 0.4) is 0 Å². The van der Waals surface area contributed by atoms with Crippen molar-refractivity contribution >= 4 is 17.0 Å².